The van der Waals surface area contributed by atoms with Crippen LogP contribution in [0.3, 0.4) is 0 Å². The average Bonchev–Trinajstić information content (AvgIpc) is 2.54. The third kappa shape index (κ3) is 5.75. The van der Waals surface area contributed by atoms with Crippen LogP contribution >= 0.6 is 11.6 Å². The number of carbonyl (C=O) groups excluding carboxylic acids is 2. The van der Waals surface area contributed by atoms with Crippen LogP contribution in [0.15, 0.2) is 54.6 Å². The van der Waals surface area contributed by atoms with Crippen molar-refractivity contribution in [1.29, 1.82) is 0 Å². The fourth-order valence-corrected chi connectivity index (χ4v) is 2.28. The molecule has 2 amide bonds. The molecule has 0 aliphatic rings. The summed E-state index contributed by atoms with van der Waals surface area (Å²) in [6, 6.07) is 16.5. The molecule has 0 heterocycles. The number of amides is 2. The predicted molar refractivity (Wildman–Crippen MR) is 91.2 cm³/mol. The molecule has 4 nitrogen and oxygen atoms in total. The highest BCUT2D eigenvalue weighted by Crippen LogP contribution is 2.15. The van der Waals surface area contributed by atoms with Gasteiger partial charge in [-0.3, -0.25) is 9.59 Å². The van der Waals surface area contributed by atoms with E-state index >= 15 is 0 Å². The molecule has 23 heavy (non-hydrogen) atoms. The molecule has 120 valence electrons. The van der Waals surface area contributed by atoms with E-state index in [1.165, 1.54) is 0 Å². The first-order valence-corrected chi connectivity index (χ1v) is 7.78. The summed E-state index contributed by atoms with van der Waals surface area (Å²) in [5.74, 6) is -0.403. The summed E-state index contributed by atoms with van der Waals surface area (Å²) in [6.07, 6.45) is 0.265. The molecular weight excluding hydrogens is 312 g/mol. The summed E-state index contributed by atoms with van der Waals surface area (Å²) in [5.41, 5.74) is 1.87. The van der Waals surface area contributed by atoms with Gasteiger partial charge in [-0.05, 0) is 30.2 Å². The Kier molecular flexibility index (Phi) is 6.18. The SMILES string of the molecule is C[C@H](NC(=O)CNC(=O)Cc1ccccc1)c1ccc(Cl)cc1. The molecule has 0 radical (unpaired) electrons. The molecular formula is C18H19ClN2O2. The topological polar surface area (TPSA) is 58.2 Å². The van der Waals surface area contributed by atoms with Crippen molar-refractivity contribution >= 4 is 23.4 Å². The van der Waals surface area contributed by atoms with Crippen LogP contribution in [-0.2, 0) is 16.0 Å². The molecule has 0 aliphatic carbocycles. The normalized spacial score (nSPS) is 11.6. The maximum atomic E-state index is 11.9. The van der Waals surface area contributed by atoms with E-state index in [2.05, 4.69) is 10.6 Å². The van der Waals surface area contributed by atoms with E-state index in [1.54, 1.807) is 12.1 Å². The zero-order valence-corrected chi connectivity index (χ0v) is 13.6. The Morgan fingerprint density at radius 1 is 1.00 bits per heavy atom. The molecule has 2 rings (SSSR count). The van der Waals surface area contributed by atoms with Gasteiger partial charge < -0.3 is 10.6 Å². The summed E-state index contributed by atoms with van der Waals surface area (Å²) in [6.45, 7) is 1.84. The van der Waals surface area contributed by atoms with Crippen LogP contribution in [0.1, 0.15) is 24.1 Å². The number of hydrogen-bond acceptors (Lipinski definition) is 2. The predicted octanol–water partition coefficient (Wildman–Crippen LogP) is 2.88. The van der Waals surface area contributed by atoms with E-state index in [9.17, 15) is 9.59 Å². The Balaban J connectivity index is 1.76. The molecule has 5 heteroatoms. The Morgan fingerprint density at radius 3 is 2.30 bits per heavy atom. The number of hydrogen-bond donors (Lipinski definition) is 2. The van der Waals surface area contributed by atoms with Crippen molar-refractivity contribution in [3.63, 3.8) is 0 Å². The van der Waals surface area contributed by atoms with Crippen molar-refractivity contribution in [2.75, 3.05) is 6.54 Å². The van der Waals surface area contributed by atoms with Crippen molar-refractivity contribution in [2.45, 2.75) is 19.4 Å². The molecule has 0 bridgehead atoms. The lowest BCUT2D eigenvalue weighted by molar-refractivity contribution is -0.126. The van der Waals surface area contributed by atoms with Gasteiger partial charge in [0.25, 0.3) is 0 Å². The second-order valence-corrected chi connectivity index (χ2v) is 5.72. The first-order valence-electron chi connectivity index (χ1n) is 7.40. The molecule has 2 N–H and O–H groups in total. The maximum Gasteiger partial charge on any atom is 0.239 e. The smallest absolute Gasteiger partial charge is 0.239 e. The second-order valence-electron chi connectivity index (χ2n) is 5.28. The molecule has 2 aromatic rings. The summed E-state index contributed by atoms with van der Waals surface area (Å²) in [7, 11) is 0. The largest absolute Gasteiger partial charge is 0.348 e. The third-order valence-corrected chi connectivity index (χ3v) is 3.65. The van der Waals surface area contributed by atoms with E-state index in [1.807, 2.05) is 49.4 Å². The van der Waals surface area contributed by atoms with Gasteiger partial charge in [-0.1, -0.05) is 54.1 Å². The summed E-state index contributed by atoms with van der Waals surface area (Å²) < 4.78 is 0. The van der Waals surface area contributed by atoms with Crippen LogP contribution in [0.4, 0.5) is 0 Å². The molecule has 2 aromatic carbocycles. The highest BCUT2D eigenvalue weighted by atomic mass is 35.5. The minimum absolute atomic E-state index is 0.0381. The summed E-state index contributed by atoms with van der Waals surface area (Å²) in [4.78, 5) is 23.7. The quantitative estimate of drug-likeness (QED) is 0.855. The van der Waals surface area contributed by atoms with Gasteiger partial charge in [0.1, 0.15) is 0 Å². The van der Waals surface area contributed by atoms with Crippen molar-refractivity contribution in [3.05, 3.63) is 70.7 Å². The minimum Gasteiger partial charge on any atom is -0.348 e. The zero-order valence-electron chi connectivity index (χ0n) is 12.9. The Hall–Kier alpha value is -2.33. The van der Waals surface area contributed by atoms with Crippen LogP contribution in [0.2, 0.25) is 5.02 Å². The highest BCUT2D eigenvalue weighted by Gasteiger charge is 2.11. The van der Waals surface area contributed by atoms with Gasteiger partial charge in [0, 0.05) is 5.02 Å². The van der Waals surface area contributed by atoms with Gasteiger partial charge in [0.15, 0.2) is 0 Å². The Morgan fingerprint density at radius 2 is 1.65 bits per heavy atom. The van der Waals surface area contributed by atoms with Crippen LogP contribution in [-0.4, -0.2) is 18.4 Å². The van der Waals surface area contributed by atoms with E-state index in [0.717, 1.165) is 11.1 Å². The van der Waals surface area contributed by atoms with Gasteiger partial charge in [-0.15, -0.1) is 0 Å². The standard InChI is InChI=1S/C18H19ClN2O2/c1-13(15-7-9-16(19)10-8-15)21-18(23)12-20-17(22)11-14-5-3-2-4-6-14/h2-10,13H,11-12H2,1H3,(H,20,22)(H,21,23)/t13-/m0/s1. The Labute approximate surface area is 140 Å². The molecule has 0 spiro atoms. The minimum atomic E-state index is -0.228. The molecule has 0 saturated heterocycles. The third-order valence-electron chi connectivity index (χ3n) is 3.40. The molecule has 0 fully saturated rings. The van der Waals surface area contributed by atoms with Crippen LogP contribution in [0, 0.1) is 0 Å². The van der Waals surface area contributed by atoms with Crippen molar-refractivity contribution < 1.29 is 9.59 Å². The van der Waals surface area contributed by atoms with Gasteiger partial charge in [0.05, 0.1) is 19.0 Å². The number of nitrogens with one attached hydrogen (secondary N) is 2. The maximum absolute atomic E-state index is 11.9. The molecule has 0 unspecified atom stereocenters. The van der Waals surface area contributed by atoms with Crippen molar-refractivity contribution in [2.24, 2.45) is 0 Å². The van der Waals surface area contributed by atoms with Gasteiger partial charge in [0.2, 0.25) is 11.8 Å². The number of halogens is 1. The van der Waals surface area contributed by atoms with Crippen molar-refractivity contribution in [1.82, 2.24) is 10.6 Å². The average molecular weight is 331 g/mol. The van der Waals surface area contributed by atoms with Crippen LogP contribution in [0.5, 0.6) is 0 Å². The second kappa shape index (κ2) is 8.34. The number of benzene rings is 2. The first kappa shape index (κ1) is 17.0. The van der Waals surface area contributed by atoms with E-state index in [4.69, 9.17) is 11.6 Å². The fourth-order valence-electron chi connectivity index (χ4n) is 2.15. The number of carbonyl (C=O) groups is 2. The van der Waals surface area contributed by atoms with E-state index < -0.39 is 0 Å². The monoisotopic (exact) mass is 330 g/mol. The molecule has 1 atom stereocenters. The highest BCUT2D eigenvalue weighted by molar-refractivity contribution is 6.30. The summed E-state index contributed by atoms with van der Waals surface area (Å²) >= 11 is 5.84. The summed E-state index contributed by atoms with van der Waals surface area (Å²) in [5, 5.41) is 6.12. The van der Waals surface area contributed by atoms with Crippen molar-refractivity contribution in [3.8, 4) is 0 Å². The molecule has 0 saturated carbocycles. The van der Waals surface area contributed by atoms with Crippen LogP contribution in [0.25, 0.3) is 0 Å². The van der Waals surface area contributed by atoms with E-state index in [-0.39, 0.29) is 30.8 Å². The number of rotatable bonds is 6. The molecule has 0 aromatic heterocycles. The van der Waals surface area contributed by atoms with E-state index in [0.29, 0.717) is 5.02 Å². The zero-order chi connectivity index (χ0) is 16.7. The van der Waals surface area contributed by atoms with Gasteiger partial charge in [-0.2, -0.15) is 0 Å². The van der Waals surface area contributed by atoms with Gasteiger partial charge >= 0.3 is 0 Å². The molecule has 0 aliphatic heterocycles. The lowest BCUT2D eigenvalue weighted by Gasteiger charge is -2.14. The van der Waals surface area contributed by atoms with Crippen LogP contribution < -0.4 is 10.6 Å². The Bertz CT molecular complexity index is 656. The first-order chi connectivity index (χ1) is 11.0. The lowest BCUT2D eigenvalue weighted by Crippen LogP contribution is -2.38. The van der Waals surface area contributed by atoms with Gasteiger partial charge in [-0.25, -0.2) is 0 Å². The lowest BCUT2D eigenvalue weighted by atomic mass is 10.1. The fraction of sp³-hybridized carbons (Fsp3) is 0.222.